The molecule has 1 amide bonds. The topological polar surface area (TPSA) is 58.1 Å². The van der Waals surface area contributed by atoms with Gasteiger partial charge in [0.25, 0.3) is 5.91 Å². The summed E-state index contributed by atoms with van der Waals surface area (Å²) in [4.78, 5) is 25.1. The standard InChI is InChI=1S/C22H26N4OS2/c1-14-9-15(2)11-26(10-14)12-18-13-28-22(24-18)25-20(27)19-16(3)23-21(29-19)17-7-5-4-6-8-17/h4-8,13-15H,9-12H2,1-3H3,(H,24,25,27)/t14-,15-/m1/s1. The summed E-state index contributed by atoms with van der Waals surface area (Å²) in [7, 11) is 0. The van der Waals surface area contributed by atoms with E-state index < -0.39 is 0 Å². The van der Waals surface area contributed by atoms with Crippen molar-refractivity contribution >= 4 is 33.7 Å². The molecule has 0 bridgehead atoms. The Bertz CT molecular complexity index is 972. The van der Waals surface area contributed by atoms with E-state index in [1.807, 2.05) is 37.3 Å². The number of aromatic nitrogens is 2. The SMILES string of the molecule is Cc1nc(-c2ccccc2)sc1C(=O)Nc1nc(CN2C[C@H](C)C[C@@H](C)C2)cs1. The molecule has 152 valence electrons. The first-order valence-electron chi connectivity index (χ1n) is 9.99. The minimum absolute atomic E-state index is 0.136. The van der Waals surface area contributed by atoms with Gasteiger partial charge in [-0.3, -0.25) is 15.0 Å². The molecule has 3 aromatic rings. The summed E-state index contributed by atoms with van der Waals surface area (Å²) in [5.41, 5.74) is 2.80. The van der Waals surface area contributed by atoms with Gasteiger partial charge >= 0.3 is 0 Å². The predicted molar refractivity (Wildman–Crippen MR) is 121 cm³/mol. The minimum atomic E-state index is -0.136. The van der Waals surface area contributed by atoms with Crippen molar-refractivity contribution in [2.75, 3.05) is 18.4 Å². The van der Waals surface area contributed by atoms with Crippen LogP contribution >= 0.6 is 22.7 Å². The molecule has 0 spiro atoms. The fraction of sp³-hybridized carbons (Fsp3) is 0.409. The molecule has 2 atom stereocenters. The van der Waals surface area contributed by atoms with Crippen molar-refractivity contribution in [3.8, 4) is 10.6 Å². The van der Waals surface area contributed by atoms with Crippen LogP contribution in [0.2, 0.25) is 0 Å². The predicted octanol–water partition coefficient (Wildman–Crippen LogP) is 5.31. The van der Waals surface area contributed by atoms with Crippen molar-refractivity contribution in [2.24, 2.45) is 11.8 Å². The van der Waals surface area contributed by atoms with E-state index in [9.17, 15) is 4.79 Å². The Labute approximate surface area is 179 Å². The number of benzene rings is 1. The average molecular weight is 427 g/mol. The van der Waals surface area contributed by atoms with Gasteiger partial charge in [0.05, 0.1) is 11.4 Å². The second-order valence-electron chi connectivity index (χ2n) is 8.04. The summed E-state index contributed by atoms with van der Waals surface area (Å²) in [6.07, 6.45) is 1.30. The van der Waals surface area contributed by atoms with Crippen LogP contribution in [0.4, 0.5) is 5.13 Å². The minimum Gasteiger partial charge on any atom is -0.297 e. The van der Waals surface area contributed by atoms with Gasteiger partial charge in [0.1, 0.15) is 9.88 Å². The number of hydrogen-bond acceptors (Lipinski definition) is 6. The fourth-order valence-corrected chi connectivity index (χ4v) is 5.72. The molecule has 0 aliphatic carbocycles. The Kier molecular flexibility index (Phi) is 6.08. The normalized spacial score (nSPS) is 20.0. The Morgan fingerprint density at radius 1 is 1.17 bits per heavy atom. The summed E-state index contributed by atoms with van der Waals surface area (Å²) >= 11 is 2.91. The van der Waals surface area contributed by atoms with E-state index in [0.29, 0.717) is 10.0 Å². The van der Waals surface area contributed by atoms with Gasteiger partial charge in [-0.25, -0.2) is 9.97 Å². The second-order valence-corrected chi connectivity index (χ2v) is 9.89. The number of piperidine rings is 1. The number of rotatable bonds is 5. The van der Waals surface area contributed by atoms with Crippen LogP contribution in [0.25, 0.3) is 10.6 Å². The highest BCUT2D eigenvalue weighted by molar-refractivity contribution is 7.17. The molecular weight excluding hydrogens is 400 g/mol. The Morgan fingerprint density at radius 2 is 1.90 bits per heavy atom. The van der Waals surface area contributed by atoms with Gasteiger partial charge in [0.2, 0.25) is 0 Å². The number of nitrogens with zero attached hydrogens (tertiary/aromatic N) is 3. The average Bonchev–Trinajstić information content (AvgIpc) is 3.28. The Hall–Kier alpha value is -2.09. The highest BCUT2D eigenvalue weighted by atomic mass is 32.1. The van der Waals surface area contributed by atoms with Gasteiger partial charge in [-0.1, -0.05) is 44.2 Å². The lowest BCUT2D eigenvalue weighted by molar-refractivity contribution is 0.102. The first-order valence-corrected chi connectivity index (χ1v) is 11.7. The molecule has 0 unspecified atom stereocenters. The number of aryl methyl sites for hydroxylation is 1. The van der Waals surface area contributed by atoms with E-state index in [2.05, 4.69) is 39.4 Å². The highest BCUT2D eigenvalue weighted by Crippen LogP contribution is 2.29. The number of amides is 1. The van der Waals surface area contributed by atoms with Crippen molar-refractivity contribution < 1.29 is 4.79 Å². The maximum Gasteiger partial charge on any atom is 0.269 e. The van der Waals surface area contributed by atoms with Gasteiger partial charge < -0.3 is 0 Å². The van der Waals surface area contributed by atoms with Crippen molar-refractivity contribution in [2.45, 2.75) is 33.7 Å². The van der Waals surface area contributed by atoms with Crippen molar-refractivity contribution in [3.05, 3.63) is 52.0 Å². The Morgan fingerprint density at radius 3 is 2.62 bits per heavy atom. The molecule has 0 radical (unpaired) electrons. The lowest BCUT2D eigenvalue weighted by Crippen LogP contribution is -2.38. The monoisotopic (exact) mass is 426 g/mol. The largest absolute Gasteiger partial charge is 0.297 e. The van der Waals surface area contributed by atoms with Crippen LogP contribution in [-0.4, -0.2) is 33.9 Å². The number of hydrogen-bond donors (Lipinski definition) is 1. The second kappa shape index (κ2) is 8.73. The zero-order valence-electron chi connectivity index (χ0n) is 17.0. The summed E-state index contributed by atoms with van der Waals surface area (Å²) in [5, 5.41) is 6.52. The van der Waals surface area contributed by atoms with Crippen LogP contribution in [0.3, 0.4) is 0 Å². The van der Waals surface area contributed by atoms with E-state index in [1.54, 1.807) is 0 Å². The molecule has 1 N–H and O–H groups in total. The zero-order valence-corrected chi connectivity index (χ0v) is 18.6. The van der Waals surface area contributed by atoms with E-state index in [0.717, 1.165) is 53.4 Å². The van der Waals surface area contributed by atoms with Gasteiger partial charge in [0.15, 0.2) is 5.13 Å². The van der Waals surface area contributed by atoms with Gasteiger partial charge in [-0.05, 0) is 25.2 Å². The van der Waals surface area contributed by atoms with Crippen LogP contribution < -0.4 is 5.32 Å². The number of thiazole rings is 2. The van der Waals surface area contributed by atoms with E-state index in [1.165, 1.54) is 29.1 Å². The van der Waals surface area contributed by atoms with E-state index in [-0.39, 0.29) is 5.91 Å². The summed E-state index contributed by atoms with van der Waals surface area (Å²) < 4.78 is 0. The first-order chi connectivity index (χ1) is 14.0. The molecule has 7 heteroatoms. The number of nitrogens with one attached hydrogen (secondary N) is 1. The number of carbonyl (C=O) groups excluding carboxylic acids is 1. The molecule has 1 fully saturated rings. The van der Waals surface area contributed by atoms with Gasteiger partial charge in [0, 0.05) is 30.6 Å². The van der Waals surface area contributed by atoms with E-state index in [4.69, 9.17) is 0 Å². The lowest BCUT2D eigenvalue weighted by atomic mass is 9.92. The molecule has 2 aromatic heterocycles. The van der Waals surface area contributed by atoms with Crippen molar-refractivity contribution in [1.29, 1.82) is 0 Å². The first kappa shape index (κ1) is 20.2. The molecule has 1 aliphatic rings. The van der Waals surface area contributed by atoms with Crippen LogP contribution in [0, 0.1) is 18.8 Å². The smallest absolute Gasteiger partial charge is 0.269 e. The third-order valence-corrected chi connectivity index (χ3v) is 7.14. The number of carbonyl (C=O) groups is 1. The third kappa shape index (κ3) is 4.91. The van der Waals surface area contributed by atoms with Crippen molar-refractivity contribution in [3.63, 3.8) is 0 Å². The summed E-state index contributed by atoms with van der Waals surface area (Å²) in [6, 6.07) is 9.95. The van der Waals surface area contributed by atoms with Crippen LogP contribution in [0.15, 0.2) is 35.7 Å². The number of likely N-dealkylation sites (tertiary alicyclic amines) is 1. The summed E-state index contributed by atoms with van der Waals surface area (Å²) in [5.74, 6) is 1.32. The molecule has 4 rings (SSSR count). The maximum atomic E-state index is 12.8. The number of anilines is 1. The maximum absolute atomic E-state index is 12.8. The fourth-order valence-electron chi connectivity index (χ4n) is 4.05. The molecule has 5 nitrogen and oxygen atoms in total. The lowest BCUT2D eigenvalue weighted by Gasteiger charge is -2.34. The van der Waals surface area contributed by atoms with Crippen LogP contribution in [0.1, 0.15) is 41.3 Å². The molecular formula is C22H26N4OS2. The molecule has 0 saturated carbocycles. The Balaban J connectivity index is 1.41. The molecule has 3 heterocycles. The van der Waals surface area contributed by atoms with Gasteiger partial charge in [-0.15, -0.1) is 22.7 Å². The molecule has 29 heavy (non-hydrogen) atoms. The molecule has 1 saturated heterocycles. The zero-order chi connectivity index (χ0) is 20.4. The van der Waals surface area contributed by atoms with Crippen LogP contribution in [0.5, 0.6) is 0 Å². The molecule has 1 aliphatic heterocycles. The van der Waals surface area contributed by atoms with Gasteiger partial charge in [-0.2, -0.15) is 0 Å². The van der Waals surface area contributed by atoms with Crippen molar-refractivity contribution in [1.82, 2.24) is 14.9 Å². The highest BCUT2D eigenvalue weighted by Gasteiger charge is 2.23. The van der Waals surface area contributed by atoms with Crippen LogP contribution in [-0.2, 0) is 6.54 Å². The molecule has 1 aromatic carbocycles. The van der Waals surface area contributed by atoms with E-state index >= 15 is 0 Å². The quantitative estimate of drug-likeness (QED) is 0.601. The summed E-state index contributed by atoms with van der Waals surface area (Å²) in [6.45, 7) is 9.59. The third-order valence-electron chi connectivity index (χ3n) is 5.13.